The van der Waals surface area contributed by atoms with Crippen LogP contribution < -0.4 is 5.73 Å². The number of allylic oxidation sites excluding steroid dienone is 2. The maximum Gasteiger partial charge on any atom is 0.213 e. The van der Waals surface area contributed by atoms with Crippen LogP contribution in [0.4, 0.5) is 4.39 Å². The van der Waals surface area contributed by atoms with Crippen LogP contribution in [0.1, 0.15) is 34.1 Å². The van der Waals surface area contributed by atoms with Crippen LogP contribution >= 0.6 is 0 Å². The number of aliphatic imine (C=N–C) groups is 1. The van der Waals surface area contributed by atoms with Crippen LogP contribution in [0, 0.1) is 5.92 Å². The highest BCUT2D eigenvalue weighted by Crippen LogP contribution is 2.15. The largest absolute Gasteiger partial charge is 0.402 e. The maximum absolute atomic E-state index is 13.3. The summed E-state index contributed by atoms with van der Waals surface area (Å²) in [6.07, 6.45) is 0.650. The normalized spacial score (nSPS) is 14.8. The van der Waals surface area contributed by atoms with E-state index in [9.17, 15) is 4.39 Å². The molecule has 0 atom stereocenters. The molecule has 13 heavy (non-hydrogen) atoms. The Morgan fingerprint density at radius 1 is 1.46 bits per heavy atom. The van der Waals surface area contributed by atoms with E-state index < -0.39 is 5.97 Å². The quantitative estimate of drug-likeness (QED) is 0.673. The van der Waals surface area contributed by atoms with Crippen molar-refractivity contribution in [2.24, 2.45) is 16.6 Å². The van der Waals surface area contributed by atoms with Crippen LogP contribution in [-0.2, 0) is 0 Å². The zero-order valence-electron chi connectivity index (χ0n) is 8.89. The van der Waals surface area contributed by atoms with Gasteiger partial charge in [-0.2, -0.15) is 4.39 Å². The molecule has 0 aromatic rings. The molecule has 0 saturated carbocycles. The second-order valence-electron chi connectivity index (χ2n) is 3.52. The Hall–Kier alpha value is -0.860. The van der Waals surface area contributed by atoms with Gasteiger partial charge in [-0.05, 0) is 26.2 Å². The van der Waals surface area contributed by atoms with Gasteiger partial charge in [0, 0.05) is 17.8 Å². The van der Waals surface area contributed by atoms with E-state index in [1.54, 1.807) is 13.8 Å². The molecule has 0 aromatic heterocycles. The molecule has 0 radical (unpaired) electrons. The van der Waals surface area contributed by atoms with Crippen molar-refractivity contribution in [3.05, 3.63) is 11.3 Å². The SMILES string of the molecule is CCN=C(F)/C(CC(C)C)=C(/C)N. The maximum atomic E-state index is 13.3. The molecular weight excluding hydrogens is 167 g/mol. The Labute approximate surface area is 79.7 Å². The number of hydrogen-bond donors (Lipinski definition) is 1. The predicted octanol–water partition coefficient (Wildman–Crippen LogP) is 2.65. The summed E-state index contributed by atoms with van der Waals surface area (Å²) in [4.78, 5) is 3.71. The first-order chi connectivity index (χ1) is 5.99. The van der Waals surface area contributed by atoms with Crippen LogP contribution in [0.2, 0.25) is 0 Å². The van der Waals surface area contributed by atoms with Crippen molar-refractivity contribution in [3.63, 3.8) is 0 Å². The lowest BCUT2D eigenvalue weighted by Gasteiger charge is -2.09. The smallest absolute Gasteiger partial charge is 0.213 e. The van der Waals surface area contributed by atoms with Crippen LogP contribution in [0.3, 0.4) is 0 Å². The van der Waals surface area contributed by atoms with Gasteiger partial charge in [0.05, 0.1) is 0 Å². The number of halogens is 1. The topological polar surface area (TPSA) is 38.4 Å². The van der Waals surface area contributed by atoms with Gasteiger partial charge in [-0.25, -0.2) is 0 Å². The lowest BCUT2D eigenvalue weighted by molar-refractivity contribution is 0.637. The van der Waals surface area contributed by atoms with E-state index in [4.69, 9.17) is 5.73 Å². The Morgan fingerprint density at radius 3 is 2.31 bits per heavy atom. The summed E-state index contributed by atoms with van der Waals surface area (Å²) < 4.78 is 13.3. The summed E-state index contributed by atoms with van der Waals surface area (Å²) in [5, 5.41) is 0. The van der Waals surface area contributed by atoms with Crippen molar-refractivity contribution < 1.29 is 4.39 Å². The Morgan fingerprint density at radius 2 is 2.00 bits per heavy atom. The van der Waals surface area contributed by atoms with E-state index in [0.717, 1.165) is 0 Å². The van der Waals surface area contributed by atoms with Crippen LogP contribution in [0.5, 0.6) is 0 Å². The second kappa shape index (κ2) is 5.73. The van der Waals surface area contributed by atoms with Crippen molar-refractivity contribution in [3.8, 4) is 0 Å². The first kappa shape index (κ1) is 12.1. The van der Waals surface area contributed by atoms with E-state index >= 15 is 0 Å². The second-order valence-corrected chi connectivity index (χ2v) is 3.52. The minimum Gasteiger partial charge on any atom is -0.402 e. The molecule has 0 aliphatic rings. The Balaban J connectivity index is 4.64. The van der Waals surface area contributed by atoms with Crippen molar-refractivity contribution in [1.82, 2.24) is 0 Å². The summed E-state index contributed by atoms with van der Waals surface area (Å²) in [6.45, 7) is 8.03. The van der Waals surface area contributed by atoms with E-state index in [2.05, 4.69) is 4.99 Å². The van der Waals surface area contributed by atoms with Crippen molar-refractivity contribution in [1.29, 1.82) is 0 Å². The molecule has 0 saturated heterocycles. The molecule has 0 heterocycles. The number of hydrogen-bond acceptors (Lipinski definition) is 2. The first-order valence-electron chi connectivity index (χ1n) is 4.64. The van der Waals surface area contributed by atoms with Crippen molar-refractivity contribution >= 4 is 5.97 Å². The lowest BCUT2D eigenvalue weighted by atomic mass is 10.0. The predicted molar refractivity (Wildman–Crippen MR) is 55.4 cm³/mol. The molecule has 0 aromatic carbocycles. The third kappa shape index (κ3) is 4.65. The molecule has 2 N–H and O–H groups in total. The molecule has 3 heteroatoms. The summed E-state index contributed by atoms with van der Waals surface area (Å²) >= 11 is 0. The molecular formula is C10H19FN2. The van der Waals surface area contributed by atoms with Crippen LogP contribution in [-0.4, -0.2) is 12.5 Å². The fourth-order valence-electron chi connectivity index (χ4n) is 1.05. The molecule has 0 bridgehead atoms. The highest BCUT2D eigenvalue weighted by atomic mass is 19.1. The molecule has 0 spiro atoms. The van der Waals surface area contributed by atoms with Gasteiger partial charge in [0.25, 0.3) is 0 Å². The summed E-state index contributed by atoms with van der Waals surface area (Å²) in [5.41, 5.74) is 6.66. The Kier molecular flexibility index (Phi) is 5.35. The van der Waals surface area contributed by atoms with E-state index in [0.29, 0.717) is 30.2 Å². The molecule has 0 rings (SSSR count). The summed E-state index contributed by atoms with van der Waals surface area (Å²) in [6, 6.07) is 0. The van der Waals surface area contributed by atoms with E-state index in [-0.39, 0.29) is 0 Å². The highest BCUT2D eigenvalue weighted by Gasteiger charge is 2.10. The molecule has 0 aliphatic heterocycles. The fraction of sp³-hybridized carbons (Fsp3) is 0.700. The zero-order chi connectivity index (χ0) is 10.4. The fourth-order valence-corrected chi connectivity index (χ4v) is 1.05. The van der Waals surface area contributed by atoms with Gasteiger partial charge < -0.3 is 5.73 Å². The Bertz CT molecular complexity index is 213. The summed E-state index contributed by atoms with van der Waals surface area (Å²) in [5.74, 6) is -0.0116. The lowest BCUT2D eigenvalue weighted by Crippen LogP contribution is -2.08. The molecule has 0 amide bonds. The van der Waals surface area contributed by atoms with E-state index in [1.165, 1.54) is 0 Å². The number of rotatable bonds is 4. The molecule has 0 fully saturated rings. The van der Waals surface area contributed by atoms with Gasteiger partial charge in [-0.15, -0.1) is 0 Å². The van der Waals surface area contributed by atoms with Gasteiger partial charge in [0.1, 0.15) is 0 Å². The summed E-state index contributed by atoms with van der Waals surface area (Å²) in [7, 11) is 0. The van der Waals surface area contributed by atoms with Crippen LogP contribution in [0.25, 0.3) is 0 Å². The highest BCUT2D eigenvalue weighted by molar-refractivity contribution is 5.93. The van der Waals surface area contributed by atoms with Crippen molar-refractivity contribution in [2.75, 3.05) is 6.54 Å². The van der Waals surface area contributed by atoms with Gasteiger partial charge in [-0.1, -0.05) is 13.8 Å². The van der Waals surface area contributed by atoms with Gasteiger partial charge >= 0.3 is 0 Å². The van der Waals surface area contributed by atoms with Gasteiger partial charge in [0.15, 0.2) is 0 Å². The minimum atomic E-state index is -0.406. The monoisotopic (exact) mass is 186 g/mol. The number of nitrogens with zero attached hydrogens (tertiary/aromatic N) is 1. The zero-order valence-corrected chi connectivity index (χ0v) is 8.89. The molecule has 0 aliphatic carbocycles. The van der Waals surface area contributed by atoms with Crippen LogP contribution in [0.15, 0.2) is 16.3 Å². The first-order valence-corrected chi connectivity index (χ1v) is 4.64. The van der Waals surface area contributed by atoms with E-state index in [1.807, 2.05) is 13.8 Å². The third-order valence-electron chi connectivity index (χ3n) is 1.63. The van der Waals surface area contributed by atoms with Gasteiger partial charge in [-0.3, -0.25) is 4.99 Å². The van der Waals surface area contributed by atoms with Gasteiger partial charge in [0.2, 0.25) is 5.97 Å². The number of nitrogens with two attached hydrogens (primary N) is 1. The standard InChI is InChI=1S/C10H19FN2/c1-5-13-10(11)9(8(4)12)6-7(2)3/h7H,5-6,12H2,1-4H3/b9-8-,13-10?. The molecule has 0 unspecified atom stereocenters. The molecule has 2 nitrogen and oxygen atoms in total. The van der Waals surface area contributed by atoms with Crippen molar-refractivity contribution in [2.45, 2.75) is 34.1 Å². The minimum absolute atomic E-state index is 0.395. The third-order valence-corrected chi connectivity index (χ3v) is 1.63. The average Bonchev–Trinajstić information content (AvgIpc) is 1.99. The average molecular weight is 186 g/mol. The molecule has 76 valence electrons.